The predicted molar refractivity (Wildman–Crippen MR) is 106 cm³/mol. The van der Waals surface area contributed by atoms with Crippen molar-refractivity contribution in [2.45, 2.75) is 33.1 Å². The van der Waals surface area contributed by atoms with E-state index in [2.05, 4.69) is 4.98 Å². The molecule has 1 aliphatic heterocycles. The zero-order valence-corrected chi connectivity index (χ0v) is 15.9. The lowest BCUT2D eigenvalue weighted by Gasteiger charge is -2.18. The number of carbonyl (C=O) groups excluding carboxylic acids is 2. The minimum atomic E-state index is -0.289. The molecule has 2 aromatic carbocycles. The maximum Gasteiger partial charge on any atom is 0.314 e. The highest BCUT2D eigenvalue weighted by Crippen LogP contribution is 2.37. The van der Waals surface area contributed by atoms with Crippen LogP contribution in [-0.2, 0) is 16.0 Å². The molecular weight excluding hydrogens is 357 g/mol. The molecule has 2 unspecified atom stereocenters. The number of carbonyl (C=O) groups is 2. The lowest BCUT2D eigenvalue weighted by molar-refractivity contribution is -0.139. The molecule has 1 aliphatic rings. The van der Waals surface area contributed by atoms with Crippen molar-refractivity contribution in [3.8, 4) is 16.9 Å². The van der Waals surface area contributed by atoms with Gasteiger partial charge in [-0.3, -0.25) is 4.79 Å². The maximum atomic E-state index is 13.4. The van der Waals surface area contributed by atoms with Gasteiger partial charge in [-0.1, -0.05) is 19.1 Å². The van der Waals surface area contributed by atoms with Gasteiger partial charge in [-0.15, -0.1) is 0 Å². The molecule has 1 aromatic heterocycles. The normalized spacial score (nSPS) is 19.2. The van der Waals surface area contributed by atoms with E-state index in [9.17, 15) is 14.0 Å². The number of aromatic amines is 1. The number of nitrogens with one attached hydrogen (secondary N) is 1. The summed E-state index contributed by atoms with van der Waals surface area (Å²) >= 11 is 0. The Labute approximate surface area is 162 Å². The first kappa shape index (κ1) is 18.4. The molecule has 0 bridgehead atoms. The number of benzene rings is 2. The molecule has 0 radical (unpaired) electrons. The van der Waals surface area contributed by atoms with Gasteiger partial charge in [0.2, 0.25) is 0 Å². The molecule has 0 aliphatic carbocycles. The van der Waals surface area contributed by atoms with E-state index in [0.717, 1.165) is 27.6 Å². The van der Waals surface area contributed by atoms with E-state index in [1.54, 1.807) is 13.0 Å². The Kier molecular flexibility index (Phi) is 4.75. The van der Waals surface area contributed by atoms with Crippen molar-refractivity contribution < 1.29 is 18.7 Å². The monoisotopic (exact) mass is 379 g/mol. The fourth-order valence-electron chi connectivity index (χ4n) is 3.92. The highest BCUT2D eigenvalue weighted by Gasteiger charge is 2.31. The molecular formula is C23H22FNO3. The summed E-state index contributed by atoms with van der Waals surface area (Å²) in [5, 5.41) is 0.911. The molecule has 2 heterocycles. The molecule has 0 amide bonds. The molecule has 28 heavy (non-hydrogen) atoms. The van der Waals surface area contributed by atoms with Crippen LogP contribution in [0.5, 0.6) is 5.75 Å². The van der Waals surface area contributed by atoms with Gasteiger partial charge in [0.25, 0.3) is 0 Å². The number of H-pyrrole nitrogens is 1. The van der Waals surface area contributed by atoms with Crippen LogP contribution in [0, 0.1) is 17.7 Å². The maximum absolute atomic E-state index is 13.4. The van der Waals surface area contributed by atoms with E-state index in [-0.39, 0.29) is 29.4 Å². The fraction of sp³-hybridized carbons (Fsp3) is 0.304. The largest absolute Gasteiger partial charge is 0.426 e. The summed E-state index contributed by atoms with van der Waals surface area (Å²) in [5.74, 6) is -0.0223. The number of hydrogen-bond acceptors (Lipinski definition) is 3. The van der Waals surface area contributed by atoms with Crippen molar-refractivity contribution >= 4 is 22.7 Å². The summed E-state index contributed by atoms with van der Waals surface area (Å²) in [5.41, 5.74) is 3.53. The standard InChI is InChI=1S/C23H22FNO3/c1-13(26)3-4-15-9-17-6-5-16(10-22(17)28-23(27)14(15)2)20-12-25-21-11-18(24)7-8-19(20)21/h5-8,10-12,14-15,25H,3-4,9H2,1-2H3. The third-order valence-electron chi connectivity index (χ3n) is 5.66. The number of hydrogen-bond donors (Lipinski definition) is 1. The van der Waals surface area contributed by atoms with Gasteiger partial charge in [-0.2, -0.15) is 0 Å². The number of ketones is 1. The Hall–Kier alpha value is -2.95. The molecule has 5 heteroatoms. The van der Waals surface area contributed by atoms with E-state index < -0.39 is 0 Å². The average molecular weight is 379 g/mol. The van der Waals surface area contributed by atoms with Crippen LogP contribution in [0.25, 0.3) is 22.0 Å². The molecule has 144 valence electrons. The third kappa shape index (κ3) is 3.44. The predicted octanol–water partition coefficient (Wildman–Crippen LogP) is 5.06. The number of ether oxygens (including phenoxy) is 1. The number of Topliss-reactive ketones (excluding diaryl/α,β-unsaturated/α-hetero) is 1. The molecule has 0 fully saturated rings. The van der Waals surface area contributed by atoms with Crippen LogP contribution < -0.4 is 4.74 Å². The zero-order chi connectivity index (χ0) is 19.8. The second-order valence-electron chi connectivity index (χ2n) is 7.63. The Morgan fingerprint density at radius 3 is 2.86 bits per heavy atom. The van der Waals surface area contributed by atoms with Crippen molar-refractivity contribution in [1.82, 2.24) is 4.98 Å². The molecule has 0 spiro atoms. The molecule has 4 rings (SSSR count). The van der Waals surface area contributed by atoms with Crippen molar-refractivity contribution in [3.05, 3.63) is 54.0 Å². The van der Waals surface area contributed by atoms with Crippen LogP contribution >= 0.6 is 0 Å². The number of rotatable bonds is 4. The third-order valence-corrected chi connectivity index (χ3v) is 5.66. The van der Waals surface area contributed by atoms with Gasteiger partial charge in [0.05, 0.1) is 5.92 Å². The number of aromatic nitrogens is 1. The Morgan fingerprint density at radius 2 is 2.07 bits per heavy atom. The SMILES string of the molecule is CC(=O)CCC1Cc2ccc(-c3c[nH]c4cc(F)ccc34)cc2OC(=O)C1C. The molecule has 2 atom stereocenters. The van der Waals surface area contributed by atoms with Gasteiger partial charge in [-0.05, 0) is 61.1 Å². The van der Waals surface area contributed by atoms with Crippen LogP contribution in [-0.4, -0.2) is 16.7 Å². The number of halogens is 1. The Bertz CT molecular complexity index is 1070. The van der Waals surface area contributed by atoms with E-state index in [1.165, 1.54) is 12.1 Å². The zero-order valence-electron chi connectivity index (χ0n) is 15.9. The summed E-state index contributed by atoms with van der Waals surface area (Å²) in [6.45, 7) is 3.45. The molecule has 3 aromatic rings. The van der Waals surface area contributed by atoms with E-state index in [1.807, 2.05) is 31.3 Å². The van der Waals surface area contributed by atoms with Crippen LogP contribution in [0.1, 0.15) is 32.3 Å². The summed E-state index contributed by atoms with van der Waals surface area (Å²) in [6, 6.07) is 10.5. The summed E-state index contributed by atoms with van der Waals surface area (Å²) < 4.78 is 19.1. The molecule has 0 saturated heterocycles. The van der Waals surface area contributed by atoms with E-state index >= 15 is 0 Å². The van der Waals surface area contributed by atoms with Gasteiger partial charge in [0.1, 0.15) is 17.3 Å². The first-order chi connectivity index (χ1) is 13.4. The highest BCUT2D eigenvalue weighted by atomic mass is 19.1. The van der Waals surface area contributed by atoms with Crippen LogP contribution in [0.3, 0.4) is 0 Å². The summed E-state index contributed by atoms with van der Waals surface area (Å²) in [7, 11) is 0. The van der Waals surface area contributed by atoms with Gasteiger partial charge in [-0.25, -0.2) is 4.39 Å². The minimum Gasteiger partial charge on any atom is -0.426 e. The second-order valence-corrected chi connectivity index (χ2v) is 7.63. The van der Waals surface area contributed by atoms with Crippen LogP contribution in [0.4, 0.5) is 4.39 Å². The topological polar surface area (TPSA) is 59.2 Å². The minimum absolute atomic E-state index is 0.0829. The van der Waals surface area contributed by atoms with Gasteiger partial charge >= 0.3 is 5.97 Å². The first-order valence-corrected chi connectivity index (χ1v) is 9.53. The number of esters is 1. The van der Waals surface area contributed by atoms with Gasteiger partial charge in [0, 0.05) is 29.1 Å². The molecule has 0 saturated carbocycles. The number of fused-ring (bicyclic) bond motifs is 2. The second kappa shape index (κ2) is 7.23. The van der Waals surface area contributed by atoms with Gasteiger partial charge < -0.3 is 14.5 Å². The first-order valence-electron chi connectivity index (χ1n) is 9.53. The lowest BCUT2D eigenvalue weighted by atomic mass is 9.84. The van der Waals surface area contributed by atoms with Crippen LogP contribution in [0.15, 0.2) is 42.6 Å². The van der Waals surface area contributed by atoms with Crippen molar-refractivity contribution in [3.63, 3.8) is 0 Å². The highest BCUT2D eigenvalue weighted by molar-refractivity contribution is 5.96. The molecule has 4 nitrogen and oxygen atoms in total. The Morgan fingerprint density at radius 1 is 1.25 bits per heavy atom. The van der Waals surface area contributed by atoms with Crippen molar-refractivity contribution in [2.24, 2.45) is 11.8 Å². The Balaban J connectivity index is 1.69. The van der Waals surface area contributed by atoms with Crippen molar-refractivity contribution in [2.75, 3.05) is 0 Å². The molecule has 1 N–H and O–H groups in total. The quantitative estimate of drug-likeness (QED) is 0.509. The lowest BCUT2D eigenvalue weighted by Crippen LogP contribution is -2.24. The van der Waals surface area contributed by atoms with Crippen molar-refractivity contribution in [1.29, 1.82) is 0 Å². The summed E-state index contributed by atoms with van der Waals surface area (Å²) in [4.78, 5) is 27.0. The van der Waals surface area contributed by atoms with Gasteiger partial charge in [0.15, 0.2) is 0 Å². The van der Waals surface area contributed by atoms with E-state index in [4.69, 9.17) is 4.74 Å². The fourth-order valence-corrected chi connectivity index (χ4v) is 3.92. The smallest absolute Gasteiger partial charge is 0.314 e. The summed E-state index contributed by atoms with van der Waals surface area (Å²) in [6.07, 6.45) is 3.69. The van der Waals surface area contributed by atoms with Crippen LogP contribution in [0.2, 0.25) is 0 Å². The van der Waals surface area contributed by atoms with E-state index in [0.29, 0.717) is 25.0 Å². The average Bonchev–Trinajstić information content (AvgIpc) is 3.03.